The van der Waals surface area contributed by atoms with E-state index in [0.29, 0.717) is 5.46 Å². The summed E-state index contributed by atoms with van der Waals surface area (Å²) < 4.78 is 0. The Kier molecular flexibility index (Phi) is 2.86. The predicted octanol–water partition coefficient (Wildman–Crippen LogP) is 0.929. The molecule has 0 heterocycles. The van der Waals surface area contributed by atoms with E-state index in [1.54, 1.807) is 6.07 Å². The zero-order valence-corrected chi connectivity index (χ0v) is 8.92. The van der Waals surface area contributed by atoms with Crippen LogP contribution in [0.3, 0.4) is 0 Å². The first-order chi connectivity index (χ1) is 6.66. The Balaban J connectivity index is 2.16. The van der Waals surface area contributed by atoms with Crippen LogP contribution in [0.25, 0.3) is 0 Å². The molecule has 2 nitrogen and oxygen atoms in total. The van der Waals surface area contributed by atoms with Crippen LogP contribution in [0.15, 0.2) is 23.1 Å². The van der Waals surface area contributed by atoms with Crippen molar-refractivity contribution in [1.29, 1.82) is 0 Å². The minimum absolute atomic E-state index is 0.602. The van der Waals surface area contributed by atoms with Gasteiger partial charge in [-0.05, 0) is 37.4 Å². The average molecular weight is 208 g/mol. The maximum Gasteiger partial charge on any atom is 0.488 e. The van der Waals surface area contributed by atoms with Gasteiger partial charge in [0.1, 0.15) is 0 Å². The topological polar surface area (TPSA) is 40.5 Å². The van der Waals surface area contributed by atoms with Gasteiger partial charge >= 0.3 is 7.12 Å². The van der Waals surface area contributed by atoms with Gasteiger partial charge in [-0.15, -0.1) is 11.8 Å². The second kappa shape index (κ2) is 3.97. The van der Waals surface area contributed by atoms with Crippen LogP contribution in [0.5, 0.6) is 0 Å². The average Bonchev–Trinajstić information content (AvgIpc) is 2.87. The maximum atomic E-state index is 9.04. The molecule has 2 rings (SSSR count). The second-order valence-corrected chi connectivity index (χ2v) is 5.08. The summed E-state index contributed by atoms with van der Waals surface area (Å²) in [5.74, 6) is 0. The fraction of sp³-hybridized carbons (Fsp3) is 0.400. The van der Waals surface area contributed by atoms with Gasteiger partial charge in [0.15, 0.2) is 0 Å². The summed E-state index contributed by atoms with van der Waals surface area (Å²) in [5.41, 5.74) is 1.55. The van der Waals surface area contributed by atoms with Gasteiger partial charge in [0, 0.05) is 10.1 Å². The van der Waals surface area contributed by atoms with E-state index in [0.717, 1.165) is 10.8 Å². The quantitative estimate of drug-likeness (QED) is 0.726. The van der Waals surface area contributed by atoms with E-state index in [1.165, 1.54) is 17.7 Å². The lowest BCUT2D eigenvalue weighted by Gasteiger charge is -2.06. The van der Waals surface area contributed by atoms with E-state index in [2.05, 4.69) is 0 Å². The highest BCUT2D eigenvalue weighted by Gasteiger charge is 2.23. The molecule has 1 aliphatic rings. The van der Waals surface area contributed by atoms with Crippen molar-refractivity contribution in [3.63, 3.8) is 0 Å². The van der Waals surface area contributed by atoms with Gasteiger partial charge in [-0.1, -0.05) is 11.6 Å². The van der Waals surface area contributed by atoms with E-state index in [-0.39, 0.29) is 0 Å². The van der Waals surface area contributed by atoms with Gasteiger partial charge in [-0.25, -0.2) is 0 Å². The lowest BCUT2D eigenvalue weighted by molar-refractivity contribution is 0.425. The number of hydrogen-bond acceptors (Lipinski definition) is 3. The van der Waals surface area contributed by atoms with Gasteiger partial charge in [0.05, 0.1) is 0 Å². The van der Waals surface area contributed by atoms with E-state index < -0.39 is 7.12 Å². The van der Waals surface area contributed by atoms with Crippen molar-refractivity contribution >= 4 is 24.3 Å². The molecule has 4 heteroatoms. The Morgan fingerprint density at radius 3 is 2.57 bits per heavy atom. The molecule has 1 fully saturated rings. The lowest BCUT2D eigenvalue weighted by atomic mass is 9.77. The van der Waals surface area contributed by atoms with E-state index in [9.17, 15) is 0 Å². The van der Waals surface area contributed by atoms with Crippen LogP contribution < -0.4 is 5.46 Å². The number of benzene rings is 1. The molecule has 0 aromatic heterocycles. The molecule has 2 N–H and O–H groups in total. The molecular weight excluding hydrogens is 195 g/mol. The molecule has 0 saturated heterocycles. The highest BCUT2D eigenvalue weighted by molar-refractivity contribution is 8.00. The monoisotopic (exact) mass is 208 g/mol. The predicted molar refractivity (Wildman–Crippen MR) is 59.9 cm³/mol. The van der Waals surface area contributed by atoms with Crippen molar-refractivity contribution in [2.45, 2.75) is 29.9 Å². The zero-order valence-electron chi connectivity index (χ0n) is 8.10. The molecule has 1 aromatic carbocycles. The van der Waals surface area contributed by atoms with Gasteiger partial charge in [-0.2, -0.15) is 0 Å². The van der Waals surface area contributed by atoms with Crippen LogP contribution in [0.1, 0.15) is 18.4 Å². The molecule has 0 bridgehead atoms. The summed E-state index contributed by atoms with van der Waals surface area (Å²) in [6.45, 7) is 1.91. The van der Waals surface area contributed by atoms with E-state index >= 15 is 0 Å². The standard InChI is InChI=1S/C10H13BO2S/c1-7-6-9(14-8-2-3-8)4-5-10(7)11(12)13/h4-6,8,12-13H,2-3H2,1H3. The number of rotatable bonds is 3. The molecule has 1 aromatic rings. The van der Waals surface area contributed by atoms with Crippen molar-refractivity contribution in [2.24, 2.45) is 0 Å². The molecule has 1 aliphatic carbocycles. The molecule has 0 aliphatic heterocycles. The van der Waals surface area contributed by atoms with Crippen LogP contribution in [-0.2, 0) is 0 Å². The molecule has 0 radical (unpaired) electrons. The summed E-state index contributed by atoms with van der Waals surface area (Å²) in [6.07, 6.45) is 2.63. The van der Waals surface area contributed by atoms with E-state index in [1.807, 2.05) is 30.8 Å². The third-order valence-electron chi connectivity index (χ3n) is 2.35. The van der Waals surface area contributed by atoms with Gasteiger partial charge in [-0.3, -0.25) is 0 Å². The second-order valence-electron chi connectivity index (χ2n) is 3.71. The normalized spacial score (nSPS) is 15.6. The molecule has 74 valence electrons. The third-order valence-corrected chi connectivity index (χ3v) is 3.68. The van der Waals surface area contributed by atoms with Gasteiger partial charge in [0.2, 0.25) is 0 Å². The van der Waals surface area contributed by atoms with Crippen molar-refractivity contribution < 1.29 is 10.0 Å². The van der Waals surface area contributed by atoms with Crippen molar-refractivity contribution in [2.75, 3.05) is 0 Å². The first-order valence-corrected chi connectivity index (χ1v) is 5.68. The summed E-state index contributed by atoms with van der Waals surface area (Å²) in [6, 6.07) is 5.78. The summed E-state index contributed by atoms with van der Waals surface area (Å²) in [7, 11) is -1.35. The molecular formula is C10H13BO2S. The first-order valence-electron chi connectivity index (χ1n) is 4.80. The third kappa shape index (κ3) is 2.32. The Bertz CT molecular complexity index is 337. The zero-order chi connectivity index (χ0) is 10.1. The number of aryl methyl sites for hydroxylation is 1. The van der Waals surface area contributed by atoms with Crippen LogP contribution in [0, 0.1) is 6.92 Å². The SMILES string of the molecule is Cc1cc(SC2CC2)ccc1B(O)O. The van der Waals surface area contributed by atoms with Gasteiger partial charge < -0.3 is 10.0 Å². The fourth-order valence-corrected chi connectivity index (χ4v) is 2.54. The Labute approximate surface area is 88.5 Å². The summed E-state index contributed by atoms with van der Waals surface area (Å²) in [5, 5.41) is 18.9. The highest BCUT2D eigenvalue weighted by atomic mass is 32.2. The molecule has 0 unspecified atom stereocenters. The van der Waals surface area contributed by atoms with E-state index in [4.69, 9.17) is 10.0 Å². The smallest absolute Gasteiger partial charge is 0.423 e. The minimum Gasteiger partial charge on any atom is -0.423 e. The van der Waals surface area contributed by atoms with Crippen molar-refractivity contribution in [3.05, 3.63) is 23.8 Å². The molecule has 0 amide bonds. The van der Waals surface area contributed by atoms with Crippen molar-refractivity contribution in [1.82, 2.24) is 0 Å². The first kappa shape index (κ1) is 10.1. The number of hydrogen-bond donors (Lipinski definition) is 2. The summed E-state index contributed by atoms with van der Waals surface area (Å²) >= 11 is 1.88. The van der Waals surface area contributed by atoms with Crippen LogP contribution >= 0.6 is 11.8 Å². The molecule has 1 saturated carbocycles. The van der Waals surface area contributed by atoms with Gasteiger partial charge in [0.25, 0.3) is 0 Å². The largest absolute Gasteiger partial charge is 0.488 e. The molecule has 14 heavy (non-hydrogen) atoms. The van der Waals surface area contributed by atoms with Crippen LogP contribution in [-0.4, -0.2) is 22.4 Å². The van der Waals surface area contributed by atoms with Crippen LogP contribution in [0.4, 0.5) is 0 Å². The Morgan fingerprint density at radius 1 is 1.36 bits per heavy atom. The minimum atomic E-state index is -1.35. The molecule has 0 spiro atoms. The lowest BCUT2D eigenvalue weighted by Crippen LogP contribution is -2.31. The maximum absolute atomic E-state index is 9.04. The highest BCUT2D eigenvalue weighted by Crippen LogP contribution is 2.38. The fourth-order valence-electron chi connectivity index (χ4n) is 1.39. The number of thioether (sulfide) groups is 1. The Morgan fingerprint density at radius 2 is 2.07 bits per heavy atom. The Hall–Kier alpha value is -0.445. The van der Waals surface area contributed by atoms with Crippen molar-refractivity contribution in [3.8, 4) is 0 Å². The molecule has 0 atom stereocenters. The van der Waals surface area contributed by atoms with Crippen LogP contribution in [0.2, 0.25) is 0 Å². The summed E-state index contributed by atoms with van der Waals surface area (Å²) in [4.78, 5) is 1.23.